The van der Waals surface area contributed by atoms with Crippen molar-refractivity contribution in [1.29, 1.82) is 0 Å². The molecule has 1 N–H and O–H groups in total. The van der Waals surface area contributed by atoms with Crippen molar-refractivity contribution in [3.05, 3.63) is 66.7 Å². The fraction of sp³-hybridized carbons (Fsp3) is 0.261. The van der Waals surface area contributed by atoms with Crippen LogP contribution in [-0.4, -0.2) is 48.7 Å². The van der Waals surface area contributed by atoms with Gasteiger partial charge in [0.05, 0.1) is 13.0 Å². The standard InChI is InChI=1S/C23H24N2O3/c26-19-8-10-20(11-9-19)28-17-12-23(27)25-15-13-24(14-16-25)22-7-3-5-18-4-1-2-6-21(18)22/h1-11,26H,12-17H2. The molecule has 144 valence electrons. The summed E-state index contributed by atoms with van der Waals surface area (Å²) in [6, 6.07) is 21.3. The fourth-order valence-electron chi connectivity index (χ4n) is 3.64. The van der Waals surface area contributed by atoms with Gasteiger partial charge in [-0.15, -0.1) is 0 Å². The predicted molar refractivity (Wildman–Crippen MR) is 111 cm³/mol. The lowest BCUT2D eigenvalue weighted by atomic mass is 10.1. The Hall–Kier alpha value is -3.21. The quantitative estimate of drug-likeness (QED) is 0.738. The number of benzene rings is 3. The number of piperazine rings is 1. The number of phenolic OH excluding ortho intramolecular Hbond substituents is 1. The lowest BCUT2D eigenvalue weighted by Gasteiger charge is -2.36. The van der Waals surface area contributed by atoms with Gasteiger partial charge in [0.1, 0.15) is 11.5 Å². The van der Waals surface area contributed by atoms with E-state index < -0.39 is 0 Å². The molecule has 4 rings (SSSR count). The molecule has 3 aromatic carbocycles. The fourth-order valence-corrected chi connectivity index (χ4v) is 3.64. The number of rotatable bonds is 5. The number of hydrogen-bond donors (Lipinski definition) is 1. The Kier molecular flexibility index (Phi) is 5.33. The second kappa shape index (κ2) is 8.21. The highest BCUT2D eigenvalue weighted by atomic mass is 16.5. The molecule has 0 aliphatic carbocycles. The van der Waals surface area contributed by atoms with Gasteiger partial charge in [-0.05, 0) is 35.7 Å². The number of hydrogen-bond acceptors (Lipinski definition) is 4. The Morgan fingerprint density at radius 2 is 1.61 bits per heavy atom. The smallest absolute Gasteiger partial charge is 0.226 e. The van der Waals surface area contributed by atoms with Crippen molar-refractivity contribution in [2.75, 3.05) is 37.7 Å². The molecule has 0 spiro atoms. The summed E-state index contributed by atoms with van der Waals surface area (Å²) in [6.07, 6.45) is 0.356. The van der Waals surface area contributed by atoms with Gasteiger partial charge in [0.2, 0.25) is 5.91 Å². The summed E-state index contributed by atoms with van der Waals surface area (Å²) in [5, 5.41) is 11.8. The number of anilines is 1. The lowest BCUT2D eigenvalue weighted by molar-refractivity contribution is -0.132. The van der Waals surface area contributed by atoms with Crippen molar-refractivity contribution in [3.8, 4) is 11.5 Å². The number of carbonyl (C=O) groups is 1. The summed E-state index contributed by atoms with van der Waals surface area (Å²) >= 11 is 0. The predicted octanol–water partition coefficient (Wildman–Crippen LogP) is 3.66. The third-order valence-electron chi connectivity index (χ3n) is 5.16. The summed E-state index contributed by atoms with van der Waals surface area (Å²) in [7, 11) is 0. The van der Waals surface area contributed by atoms with Gasteiger partial charge in [0.15, 0.2) is 0 Å². The summed E-state index contributed by atoms with van der Waals surface area (Å²) in [6.45, 7) is 3.45. The molecule has 5 nitrogen and oxygen atoms in total. The minimum Gasteiger partial charge on any atom is -0.508 e. The Morgan fingerprint density at radius 1 is 0.893 bits per heavy atom. The molecule has 3 aromatic rings. The average Bonchev–Trinajstić information content (AvgIpc) is 2.75. The number of amides is 1. The number of fused-ring (bicyclic) bond motifs is 1. The van der Waals surface area contributed by atoms with Crippen LogP contribution in [0.4, 0.5) is 5.69 Å². The first-order valence-electron chi connectivity index (χ1n) is 9.63. The molecule has 1 aliphatic rings. The zero-order valence-corrected chi connectivity index (χ0v) is 15.8. The van der Waals surface area contributed by atoms with Gasteiger partial charge >= 0.3 is 0 Å². The second-order valence-corrected chi connectivity index (χ2v) is 6.96. The maximum absolute atomic E-state index is 12.5. The number of carbonyl (C=O) groups excluding carboxylic acids is 1. The Bertz CT molecular complexity index is 942. The van der Waals surface area contributed by atoms with E-state index in [0.29, 0.717) is 18.8 Å². The maximum Gasteiger partial charge on any atom is 0.226 e. The molecule has 1 fully saturated rings. The van der Waals surface area contributed by atoms with E-state index >= 15 is 0 Å². The molecule has 1 heterocycles. The van der Waals surface area contributed by atoms with Gasteiger partial charge in [-0.25, -0.2) is 0 Å². The zero-order valence-electron chi connectivity index (χ0n) is 15.8. The largest absolute Gasteiger partial charge is 0.508 e. The number of aromatic hydroxyl groups is 1. The first-order chi connectivity index (χ1) is 13.7. The van der Waals surface area contributed by atoms with Gasteiger partial charge in [-0.3, -0.25) is 4.79 Å². The van der Waals surface area contributed by atoms with Crippen molar-refractivity contribution in [3.63, 3.8) is 0 Å². The van der Waals surface area contributed by atoms with Gasteiger partial charge in [-0.2, -0.15) is 0 Å². The summed E-state index contributed by atoms with van der Waals surface area (Å²) in [5.41, 5.74) is 1.24. The third kappa shape index (κ3) is 4.03. The average molecular weight is 376 g/mol. The third-order valence-corrected chi connectivity index (χ3v) is 5.16. The Morgan fingerprint density at radius 3 is 2.39 bits per heavy atom. The molecule has 0 bridgehead atoms. The molecule has 0 radical (unpaired) electrons. The molecule has 1 amide bonds. The van der Waals surface area contributed by atoms with E-state index in [1.165, 1.54) is 16.5 Å². The van der Waals surface area contributed by atoms with E-state index in [0.717, 1.165) is 26.2 Å². The second-order valence-electron chi connectivity index (χ2n) is 6.96. The van der Waals surface area contributed by atoms with Crippen molar-refractivity contribution in [2.24, 2.45) is 0 Å². The van der Waals surface area contributed by atoms with Gasteiger partial charge in [0, 0.05) is 37.3 Å². The lowest BCUT2D eigenvalue weighted by Crippen LogP contribution is -2.49. The molecule has 0 unspecified atom stereocenters. The first-order valence-corrected chi connectivity index (χ1v) is 9.63. The summed E-state index contributed by atoms with van der Waals surface area (Å²) in [5.74, 6) is 0.982. The molecular formula is C23H24N2O3. The molecule has 28 heavy (non-hydrogen) atoms. The maximum atomic E-state index is 12.5. The molecular weight excluding hydrogens is 352 g/mol. The molecule has 0 aromatic heterocycles. The van der Waals surface area contributed by atoms with Crippen molar-refractivity contribution in [2.45, 2.75) is 6.42 Å². The van der Waals surface area contributed by atoms with Crippen LogP contribution in [0, 0.1) is 0 Å². The Labute approximate surface area is 164 Å². The van der Waals surface area contributed by atoms with E-state index in [-0.39, 0.29) is 11.7 Å². The van der Waals surface area contributed by atoms with Gasteiger partial charge in [-0.1, -0.05) is 36.4 Å². The molecule has 5 heteroatoms. The van der Waals surface area contributed by atoms with Crippen LogP contribution < -0.4 is 9.64 Å². The van der Waals surface area contributed by atoms with Crippen LogP contribution in [0.2, 0.25) is 0 Å². The Balaban J connectivity index is 1.30. The van der Waals surface area contributed by atoms with Crippen LogP contribution in [0.15, 0.2) is 66.7 Å². The normalized spacial score (nSPS) is 14.3. The minimum atomic E-state index is 0.122. The van der Waals surface area contributed by atoms with Crippen molar-refractivity contribution >= 4 is 22.4 Å². The number of phenols is 1. The van der Waals surface area contributed by atoms with E-state index in [2.05, 4.69) is 47.4 Å². The highest BCUT2D eigenvalue weighted by molar-refractivity contribution is 5.94. The van der Waals surface area contributed by atoms with Crippen LogP contribution in [0.25, 0.3) is 10.8 Å². The topological polar surface area (TPSA) is 53.0 Å². The minimum absolute atomic E-state index is 0.122. The highest BCUT2D eigenvalue weighted by Gasteiger charge is 2.22. The van der Waals surface area contributed by atoms with Crippen LogP contribution in [0.1, 0.15) is 6.42 Å². The van der Waals surface area contributed by atoms with E-state index in [4.69, 9.17) is 4.74 Å². The van der Waals surface area contributed by atoms with Crippen LogP contribution >= 0.6 is 0 Å². The molecule has 1 saturated heterocycles. The molecule has 0 saturated carbocycles. The van der Waals surface area contributed by atoms with Gasteiger partial charge < -0.3 is 19.6 Å². The van der Waals surface area contributed by atoms with E-state index in [9.17, 15) is 9.90 Å². The monoisotopic (exact) mass is 376 g/mol. The molecule has 1 aliphatic heterocycles. The number of nitrogens with zero attached hydrogens (tertiary/aromatic N) is 2. The van der Waals surface area contributed by atoms with Crippen LogP contribution in [0.3, 0.4) is 0 Å². The van der Waals surface area contributed by atoms with E-state index in [1.807, 2.05) is 4.90 Å². The van der Waals surface area contributed by atoms with E-state index in [1.54, 1.807) is 24.3 Å². The zero-order chi connectivity index (χ0) is 19.3. The van der Waals surface area contributed by atoms with Gasteiger partial charge in [0.25, 0.3) is 0 Å². The summed E-state index contributed by atoms with van der Waals surface area (Å²) < 4.78 is 5.59. The highest BCUT2D eigenvalue weighted by Crippen LogP contribution is 2.27. The van der Waals surface area contributed by atoms with Crippen LogP contribution in [-0.2, 0) is 4.79 Å². The van der Waals surface area contributed by atoms with Crippen molar-refractivity contribution < 1.29 is 14.6 Å². The number of ether oxygens (including phenoxy) is 1. The summed E-state index contributed by atoms with van der Waals surface area (Å²) in [4.78, 5) is 16.8. The first kappa shape index (κ1) is 18.2. The molecule has 0 atom stereocenters. The van der Waals surface area contributed by atoms with Crippen LogP contribution in [0.5, 0.6) is 11.5 Å². The SMILES string of the molecule is O=C(CCOc1ccc(O)cc1)N1CCN(c2cccc3ccccc23)CC1. The van der Waals surface area contributed by atoms with Crippen molar-refractivity contribution in [1.82, 2.24) is 4.90 Å².